The van der Waals surface area contributed by atoms with Gasteiger partial charge in [0.25, 0.3) is 0 Å². The van der Waals surface area contributed by atoms with Crippen molar-refractivity contribution in [3.8, 4) is 5.75 Å². The van der Waals surface area contributed by atoms with E-state index in [1.54, 1.807) is 48.8 Å². The third kappa shape index (κ3) is 4.95. The molecule has 7 nitrogen and oxygen atoms in total. The molecule has 1 N–H and O–H groups in total. The molecule has 0 aliphatic heterocycles. The largest absolute Gasteiger partial charge is 0.497 e. The molecule has 1 aromatic carbocycles. The van der Waals surface area contributed by atoms with Crippen LogP contribution < -0.4 is 14.4 Å². The lowest BCUT2D eigenvalue weighted by Crippen LogP contribution is -2.40. The number of pyridine rings is 1. The van der Waals surface area contributed by atoms with E-state index in [2.05, 4.69) is 10.3 Å². The Bertz CT molecular complexity index is 794. The molecule has 1 amide bonds. The highest BCUT2D eigenvalue weighted by Gasteiger charge is 2.21. The number of ether oxygens (including phenoxy) is 1. The van der Waals surface area contributed by atoms with Gasteiger partial charge in [0.2, 0.25) is 15.9 Å². The van der Waals surface area contributed by atoms with Crippen molar-refractivity contribution in [1.29, 1.82) is 0 Å². The summed E-state index contributed by atoms with van der Waals surface area (Å²) in [6, 6.07) is 10.1. The van der Waals surface area contributed by atoms with Gasteiger partial charge < -0.3 is 10.1 Å². The van der Waals surface area contributed by atoms with E-state index in [1.165, 1.54) is 7.11 Å². The summed E-state index contributed by atoms with van der Waals surface area (Å²) < 4.78 is 30.2. The molecule has 0 radical (unpaired) electrons. The monoisotopic (exact) mass is 349 g/mol. The van der Waals surface area contributed by atoms with E-state index in [0.717, 1.165) is 16.1 Å². The van der Waals surface area contributed by atoms with Crippen LogP contribution in [0.5, 0.6) is 5.75 Å². The molecular formula is C16H19N3O4S. The number of carbonyl (C=O) groups excluding carboxylic acids is 1. The lowest BCUT2D eigenvalue weighted by molar-refractivity contribution is -0.119. The summed E-state index contributed by atoms with van der Waals surface area (Å²) in [5.74, 6) is 0.110. The summed E-state index contributed by atoms with van der Waals surface area (Å²) >= 11 is 0. The quantitative estimate of drug-likeness (QED) is 0.811. The molecule has 8 heteroatoms. The molecule has 2 rings (SSSR count). The summed E-state index contributed by atoms with van der Waals surface area (Å²) in [7, 11) is -2.12. The van der Waals surface area contributed by atoms with Gasteiger partial charge in [-0.2, -0.15) is 0 Å². The second-order valence-corrected chi connectivity index (χ2v) is 7.01. The number of hydrogen-bond donors (Lipinski definition) is 1. The number of hydrogen-bond acceptors (Lipinski definition) is 5. The van der Waals surface area contributed by atoms with Crippen LogP contribution in [0.3, 0.4) is 0 Å². The number of nitrogens with zero attached hydrogens (tertiary/aromatic N) is 2. The van der Waals surface area contributed by atoms with E-state index < -0.39 is 15.9 Å². The number of rotatable bonds is 7. The summed E-state index contributed by atoms with van der Waals surface area (Å²) in [6.45, 7) is -0.00580. The average molecular weight is 349 g/mol. The predicted octanol–water partition coefficient (Wildman–Crippen LogP) is 1.17. The molecule has 0 saturated carbocycles. The highest BCUT2D eigenvalue weighted by atomic mass is 32.2. The summed E-state index contributed by atoms with van der Waals surface area (Å²) in [6.07, 6.45) is 4.31. The Morgan fingerprint density at radius 2 is 1.96 bits per heavy atom. The van der Waals surface area contributed by atoms with Crippen LogP contribution in [0.4, 0.5) is 5.69 Å². The summed E-state index contributed by atoms with van der Waals surface area (Å²) in [4.78, 5) is 16.0. The maximum Gasteiger partial charge on any atom is 0.241 e. The van der Waals surface area contributed by atoms with Crippen molar-refractivity contribution in [2.75, 3.05) is 24.2 Å². The highest BCUT2D eigenvalue weighted by Crippen LogP contribution is 2.22. The molecule has 2 aromatic rings. The first-order valence-corrected chi connectivity index (χ1v) is 9.02. The fourth-order valence-corrected chi connectivity index (χ4v) is 2.90. The van der Waals surface area contributed by atoms with Gasteiger partial charge in [-0.1, -0.05) is 6.07 Å². The second-order valence-electron chi connectivity index (χ2n) is 5.10. The van der Waals surface area contributed by atoms with Gasteiger partial charge in [-0.3, -0.25) is 14.1 Å². The van der Waals surface area contributed by atoms with E-state index >= 15 is 0 Å². The standard InChI is InChI=1S/C16H19N3O4S/c1-23-15-5-3-4-14(10-15)19(24(2,21)22)12-16(20)18-11-13-6-8-17-9-7-13/h3-10H,11-12H2,1-2H3,(H,18,20). The number of benzene rings is 1. The van der Waals surface area contributed by atoms with Crippen LogP contribution in [-0.2, 0) is 21.4 Å². The zero-order chi connectivity index (χ0) is 17.6. The van der Waals surface area contributed by atoms with Gasteiger partial charge in [0.05, 0.1) is 19.1 Å². The van der Waals surface area contributed by atoms with Crippen molar-refractivity contribution in [2.45, 2.75) is 6.54 Å². The molecule has 0 saturated heterocycles. The zero-order valence-electron chi connectivity index (χ0n) is 13.5. The van der Waals surface area contributed by atoms with Gasteiger partial charge in [0.15, 0.2) is 0 Å². The third-order valence-electron chi connectivity index (χ3n) is 3.27. The first-order chi connectivity index (χ1) is 11.4. The molecule has 1 heterocycles. The van der Waals surface area contributed by atoms with Crippen LogP contribution in [0.2, 0.25) is 0 Å². The van der Waals surface area contributed by atoms with Crippen LogP contribution in [-0.4, -0.2) is 39.2 Å². The SMILES string of the molecule is COc1cccc(N(CC(=O)NCc2ccncc2)S(C)(=O)=O)c1. The number of sulfonamides is 1. The number of nitrogens with one attached hydrogen (secondary N) is 1. The minimum Gasteiger partial charge on any atom is -0.497 e. The zero-order valence-corrected chi connectivity index (χ0v) is 14.3. The number of carbonyl (C=O) groups is 1. The first kappa shape index (κ1) is 17.7. The van der Waals surface area contributed by atoms with Gasteiger partial charge in [-0.05, 0) is 29.8 Å². The number of anilines is 1. The number of methoxy groups -OCH3 is 1. The molecule has 0 fully saturated rings. The van der Waals surface area contributed by atoms with Crippen molar-refractivity contribution >= 4 is 21.6 Å². The van der Waals surface area contributed by atoms with Crippen LogP contribution in [0.25, 0.3) is 0 Å². The van der Waals surface area contributed by atoms with E-state index in [0.29, 0.717) is 18.0 Å². The molecule has 128 valence electrons. The molecule has 0 spiro atoms. The van der Waals surface area contributed by atoms with E-state index in [9.17, 15) is 13.2 Å². The molecular weight excluding hydrogens is 330 g/mol. The summed E-state index contributed by atoms with van der Waals surface area (Å²) in [5.41, 5.74) is 1.25. The third-order valence-corrected chi connectivity index (χ3v) is 4.41. The molecule has 24 heavy (non-hydrogen) atoms. The van der Waals surface area contributed by atoms with Crippen molar-refractivity contribution in [2.24, 2.45) is 0 Å². The van der Waals surface area contributed by atoms with Gasteiger partial charge in [0, 0.05) is 25.0 Å². The Morgan fingerprint density at radius 1 is 1.25 bits per heavy atom. The fourth-order valence-electron chi connectivity index (χ4n) is 2.05. The summed E-state index contributed by atoms with van der Waals surface area (Å²) in [5, 5.41) is 2.70. The smallest absolute Gasteiger partial charge is 0.241 e. The topological polar surface area (TPSA) is 88.6 Å². The normalized spacial score (nSPS) is 10.9. The highest BCUT2D eigenvalue weighted by molar-refractivity contribution is 7.92. The fraction of sp³-hybridized carbons (Fsp3) is 0.250. The number of amides is 1. The Kier molecular flexibility index (Phi) is 5.75. The Balaban J connectivity index is 2.10. The molecule has 1 aromatic heterocycles. The maximum absolute atomic E-state index is 12.1. The van der Waals surface area contributed by atoms with Gasteiger partial charge in [-0.25, -0.2) is 8.42 Å². The van der Waals surface area contributed by atoms with Gasteiger partial charge in [0.1, 0.15) is 12.3 Å². The predicted molar refractivity (Wildman–Crippen MR) is 91.3 cm³/mol. The molecule has 0 bridgehead atoms. The Labute approximate surface area is 141 Å². The van der Waals surface area contributed by atoms with Crippen molar-refractivity contribution in [3.05, 3.63) is 54.4 Å². The Morgan fingerprint density at radius 3 is 2.58 bits per heavy atom. The molecule has 0 aliphatic rings. The maximum atomic E-state index is 12.1. The van der Waals surface area contributed by atoms with Crippen LogP contribution in [0.15, 0.2) is 48.8 Å². The second kappa shape index (κ2) is 7.78. The number of aromatic nitrogens is 1. The first-order valence-electron chi connectivity index (χ1n) is 7.17. The van der Waals surface area contributed by atoms with Crippen LogP contribution in [0, 0.1) is 0 Å². The van der Waals surface area contributed by atoms with Crippen molar-refractivity contribution in [1.82, 2.24) is 10.3 Å². The minimum atomic E-state index is -3.61. The van der Waals surface area contributed by atoms with E-state index in [1.807, 2.05) is 0 Å². The van der Waals surface area contributed by atoms with Gasteiger partial charge >= 0.3 is 0 Å². The van der Waals surface area contributed by atoms with Gasteiger partial charge in [-0.15, -0.1) is 0 Å². The van der Waals surface area contributed by atoms with E-state index in [4.69, 9.17) is 4.74 Å². The average Bonchev–Trinajstić information content (AvgIpc) is 2.58. The van der Waals surface area contributed by atoms with Crippen LogP contribution in [0.1, 0.15) is 5.56 Å². The lowest BCUT2D eigenvalue weighted by Gasteiger charge is -2.22. The lowest BCUT2D eigenvalue weighted by atomic mass is 10.2. The van der Waals surface area contributed by atoms with Crippen LogP contribution >= 0.6 is 0 Å². The van der Waals surface area contributed by atoms with E-state index in [-0.39, 0.29) is 6.54 Å². The molecule has 0 aliphatic carbocycles. The minimum absolute atomic E-state index is 0.303. The van der Waals surface area contributed by atoms with Crippen molar-refractivity contribution < 1.29 is 17.9 Å². The molecule has 0 atom stereocenters. The molecule has 0 unspecified atom stereocenters. The van der Waals surface area contributed by atoms with Crippen molar-refractivity contribution in [3.63, 3.8) is 0 Å². The Hall–Kier alpha value is -2.61.